The van der Waals surface area contributed by atoms with Gasteiger partial charge in [0.25, 0.3) is 0 Å². The highest BCUT2D eigenvalue weighted by molar-refractivity contribution is 5.66. The Labute approximate surface area is 131 Å². The number of carbonyl (C=O) groups is 1. The highest BCUT2D eigenvalue weighted by Crippen LogP contribution is 2.33. The van der Waals surface area contributed by atoms with E-state index in [4.69, 9.17) is 14.6 Å². The van der Waals surface area contributed by atoms with Gasteiger partial charge in [0.15, 0.2) is 11.5 Å². The molecule has 22 heavy (non-hydrogen) atoms. The molecular weight excluding hydrogens is 282 g/mol. The first-order chi connectivity index (χ1) is 10.6. The number of methoxy groups -OCH3 is 1. The fourth-order valence-corrected chi connectivity index (χ4v) is 2.80. The third kappa shape index (κ3) is 4.63. The van der Waals surface area contributed by atoms with Crippen molar-refractivity contribution >= 4 is 5.97 Å². The second-order valence-corrected chi connectivity index (χ2v) is 5.82. The quantitative estimate of drug-likeness (QED) is 0.839. The maximum atomic E-state index is 10.6. The van der Waals surface area contributed by atoms with Crippen molar-refractivity contribution in [1.82, 2.24) is 4.90 Å². The summed E-state index contributed by atoms with van der Waals surface area (Å²) in [6, 6.07) is 5.85. The summed E-state index contributed by atoms with van der Waals surface area (Å²) in [5.41, 5.74) is 1.01. The van der Waals surface area contributed by atoms with Crippen molar-refractivity contribution in [2.24, 2.45) is 0 Å². The number of piperidine rings is 1. The van der Waals surface area contributed by atoms with Crippen LogP contribution < -0.4 is 9.47 Å². The van der Waals surface area contributed by atoms with Crippen LogP contribution in [0.2, 0.25) is 0 Å². The zero-order valence-electron chi connectivity index (χ0n) is 13.4. The lowest BCUT2D eigenvalue weighted by molar-refractivity contribution is -0.137. The topological polar surface area (TPSA) is 59.0 Å². The molecule has 0 aliphatic carbocycles. The van der Waals surface area contributed by atoms with Crippen LogP contribution in [0.5, 0.6) is 11.5 Å². The molecule has 1 heterocycles. The maximum Gasteiger partial charge on any atom is 0.303 e. The minimum Gasteiger partial charge on any atom is -0.493 e. The molecule has 0 unspecified atom stereocenters. The highest BCUT2D eigenvalue weighted by atomic mass is 16.5. The van der Waals surface area contributed by atoms with Gasteiger partial charge in [0, 0.05) is 19.5 Å². The van der Waals surface area contributed by atoms with Gasteiger partial charge in [0.2, 0.25) is 0 Å². The predicted molar refractivity (Wildman–Crippen MR) is 84.7 cm³/mol. The number of likely N-dealkylation sites (tertiary alicyclic amines) is 1. The van der Waals surface area contributed by atoms with Crippen LogP contribution in [0.1, 0.15) is 31.2 Å². The number of ether oxygens (including phenoxy) is 2. The number of rotatable bonds is 7. The van der Waals surface area contributed by atoms with Gasteiger partial charge in [-0.1, -0.05) is 12.1 Å². The van der Waals surface area contributed by atoms with E-state index in [9.17, 15) is 4.79 Å². The van der Waals surface area contributed by atoms with Crippen LogP contribution in [-0.4, -0.2) is 49.3 Å². The Morgan fingerprint density at radius 2 is 2.09 bits per heavy atom. The summed E-state index contributed by atoms with van der Waals surface area (Å²) in [7, 11) is 3.76. The number of para-hydroxylation sites is 1. The number of carboxylic acids is 1. The highest BCUT2D eigenvalue weighted by Gasteiger charge is 2.20. The second kappa shape index (κ2) is 8.03. The summed E-state index contributed by atoms with van der Waals surface area (Å²) >= 11 is 0. The minimum absolute atomic E-state index is 0.170. The molecule has 0 saturated carbocycles. The molecule has 1 fully saturated rings. The standard InChI is InChI=1S/C17H25NO4/c1-18-11-9-14(10-12-18)22-15-7-3-5-13(17(15)21-2)6-4-8-16(19)20/h3,5,7,14H,4,6,8-12H2,1-2H3,(H,19,20). The first kappa shape index (κ1) is 16.6. The van der Waals surface area contributed by atoms with Gasteiger partial charge in [-0.15, -0.1) is 0 Å². The average molecular weight is 307 g/mol. The van der Waals surface area contributed by atoms with Gasteiger partial charge in [-0.25, -0.2) is 0 Å². The molecule has 0 radical (unpaired) electrons. The van der Waals surface area contributed by atoms with Gasteiger partial charge in [-0.05, 0) is 44.4 Å². The normalized spacial score (nSPS) is 16.5. The van der Waals surface area contributed by atoms with Gasteiger partial charge in [-0.3, -0.25) is 4.79 Å². The van der Waals surface area contributed by atoms with Crippen LogP contribution >= 0.6 is 0 Å². The third-order valence-corrected chi connectivity index (χ3v) is 4.06. The van der Waals surface area contributed by atoms with Gasteiger partial charge in [-0.2, -0.15) is 0 Å². The number of carboxylic acid groups (broad SMARTS) is 1. The molecule has 5 nitrogen and oxygen atoms in total. The maximum absolute atomic E-state index is 10.6. The van der Waals surface area contributed by atoms with E-state index < -0.39 is 5.97 Å². The SMILES string of the molecule is COc1c(CCCC(=O)O)cccc1OC1CCN(C)CC1. The summed E-state index contributed by atoms with van der Waals surface area (Å²) in [6.07, 6.45) is 3.71. The van der Waals surface area contributed by atoms with E-state index in [1.54, 1.807) is 7.11 Å². The molecule has 0 aromatic heterocycles. The minimum atomic E-state index is -0.766. The lowest BCUT2D eigenvalue weighted by atomic mass is 10.1. The van der Waals surface area contributed by atoms with E-state index in [1.165, 1.54) is 0 Å². The van der Waals surface area contributed by atoms with Crippen LogP contribution in [-0.2, 0) is 11.2 Å². The van der Waals surface area contributed by atoms with Crippen LogP contribution in [0.3, 0.4) is 0 Å². The number of benzene rings is 1. The summed E-state index contributed by atoms with van der Waals surface area (Å²) in [5.74, 6) is 0.745. The number of aryl methyl sites for hydroxylation is 1. The van der Waals surface area contributed by atoms with Crippen molar-refractivity contribution < 1.29 is 19.4 Å². The van der Waals surface area contributed by atoms with Crippen LogP contribution in [0, 0.1) is 0 Å². The molecule has 1 aromatic carbocycles. The van der Waals surface area contributed by atoms with Gasteiger partial charge in [0.1, 0.15) is 6.10 Å². The zero-order chi connectivity index (χ0) is 15.9. The van der Waals surface area contributed by atoms with E-state index in [0.717, 1.165) is 43.0 Å². The molecule has 1 aliphatic rings. The monoisotopic (exact) mass is 307 g/mol. The second-order valence-electron chi connectivity index (χ2n) is 5.82. The molecule has 122 valence electrons. The molecule has 1 N–H and O–H groups in total. The largest absolute Gasteiger partial charge is 0.493 e. The summed E-state index contributed by atoms with van der Waals surface area (Å²) in [6.45, 7) is 2.09. The lowest BCUT2D eigenvalue weighted by Gasteiger charge is -2.30. The first-order valence-electron chi connectivity index (χ1n) is 7.83. The van der Waals surface area contributed by atoms with Crippen molar-refractivity contribution in [3.05, 3.63) is 23.8 Å². The molecular formula is C17H25NO4. The van der Waals surface area contributed by atoms with Crippen molar-refractivity contribution in [3.63, 3.8) is 0 Å². The van der Waals surface area contributed by atoms with Gasteiger partial charge < -0.3 is 19.5 Å². The molecule has 0 bridgehead atoms. The molecule has 1 aliphatic heterocycles. The fraction of sp³-hybridized carbons (Fsp3) is 0.588. The molecule has 0 atom stereocenters. The molecule has 0 spiro atoms. The van der Waals surface area contributed by atoms with Crippen molar-refractivity contribution in [2.75, 3.05) is 27.2 Å². The van der Waals surface area contributed by atoms with Crippen LogP contribution in [0.25, 0.3) is 0 Å². The molecule has 0 amide bonds. The summed E-state index contributed by atoms with van der Waals surface area (Å²) < 4.78 is 11.6. The van der Waals surface area contributed by atoms with E-state index in [1.807, 2.05) is 18.2 Å². The Balaban J connectivity index is 2.02. The summed E-state index contributed by atoms with van der Waals surface area (Å²) in [4.78, 5) is 12.9. The zero-order valence-corrected chi connectivity index (χ0v) is 13.4. The predicted octanol–water partition coefficient (Wildman–Crippen LogP) is 2.58. The molecule has 1 aromatic rings. The molecule has 1 saturated heterocycles. The molecule has 2 rings (SSSR count). The fourth-order valence-electron chi connectivity index (χ4n) is 2.80. The van der Waals surface area contributed by atoms with Crippen molar-refractivity contribution in [1.29, 1.82) is 0 Å². The van der Waals surface area contributed by atoms with E-state index in [0.29, 0.717) is 12.8 Å². The van der Waals surface area contributed by atoms with E-state index in [2.05, 4.69) is 11.9 Å². The Hall–Kier alpha value is -1.75. The van der Waals surface area contributed by atoms with Crippen LogP contribution in [0.15, 0.2) is 18.2 Å². The number of hydrogen-bond donors (Lipinski definition) is 1. The Morgan fingerprint density at radius 1 is 1.36 bits per heavy atom. The Morgan fingerprint density at radius 3 is 2.73 bits per heavy atom. The molecule has 5 heteroatoms. The van der Waals surface area contributed by atoms with E-state index in [-0.39, 0.29) is 12.5 Å². The van der Waals surface area contributed by atoms with Gasteiger partial charge in [0.05, 0.1) is 7.11 Å². The Kier molecular flexibility index (Phi) is 6.07. The first-order valence-corrected chi connectivity index (χ1v) is 7.83. The lowest BCUT2D eigenvalue weighted by Crippen LogP contribution is -2.35. The average Bonchev–Trinajstić information content (AvgIpc) is 2.49. The number of hydrogen-bond acceptors (Lipinski definition) is 4. The number of aliphatic carboxylic acids is 1. The van der Waals surface area contributed by atoms with Crippen LogP contribution in [0.4, 0.5) is 0 Å². The van der Waals surface area contributed by atoms with Crippen molar-refractivity contribution in [2.45, 2.75) is 38.2 Å². The van der Waals surface area contributed by atoms with Gasteiger partial charge >= 0.3 is 5.97 Å². The Bertz CT molecular complexity index is 495. The number of nitrogens with zero attached hydrogens (tertiary/aromatic N) is 1. The van der Waals surface area contributed by atoms with E-state index >= 15 is 0 Å². The third-order valence-electron chi connectivity index (χ3n) is 4.06. The smallest absolute Gasteiger partial charge is 0.303 e. The van der Waals surface area contributed by atoms with Crippen molar-refractivity contribution in [3.8, 4) is 11.5 Å². The summed E-state index contributed by atoms with van der Waals surface area (Å²) in [5, 5.41) is 8.75.